The Balaban J connectivity index is 2.83. The molecule has 2 amide bonds. The molecule has 0 fully saturated rings. The van der Waals surface area contributed by atoms with E-state index in [1.165, 1.54) is 34.9 Å². The number of carboxylic acids is 1. The first-order chi connectivity index (χ1) is 10.0. The molecule has 5 nitrogen and oxygen atoms in total. The van der Waals surface area contributed by atoms with Crippen molar-refractivity contribution in [3.8, 4) is 0 Å². The first-order valence-corrected chi connectivity index (χ1v) is 7.95. The van der Waals surface area contributed by atoms with Crippen LogP contribution in [0, 0.1) is 5.82 Å². The molecule has 0 bridgehead atoms. The molecule has 1 aromatic carbocycles. The van der Waals surface area contributed by atoms with Gasteiger partial charge in [-0.15, -0.1) is 0 Å². The lowest BCUT2D eigenvalue weighted by atomic mass is 10.2. The van der Waals surface area contributed by atoms with Crippen molar-refractivity contribution < 1.29 is 19.1 Å². The number of urea groups is 1. The molecular weight excluding hydrogens is 295 g/mol. The highest BCUT2D eigenvalue weighted by molar-refractivity contribution is 7.98. The first kappa shape index (κ1) is 17.3. The van der Waals surface area contributed by atoms with Gasteiger partial charge in [0.05, 0.1) is 5.69 Å². The summed E-state index contributed by atoms with van der Waals surface area (Å²) in [5.74, 6) is -1.00. The van der Waals surface area contributed by atoms with Gasteiger partial charge in [0.1, 0.15) is 11.9 Å². The minimum absolute atomic E-state index is 0.131. The van der Waals surface area contributed by atoms with E-state index in [1.807, 2.05) is 6.26 Å². The highest BCUT2D eigenvalue weighted by Gasteiger charge is 2.24. The lowest BCUT2D eigenvalue weighted by Crippen LogP contribution is -2.48. The normalized spacial score (nSPS) is 11.8. The maximum absolute atomic E-state index is 13.7. The van der Waals surface area contributed by atoms with Crippen LogP contribution >= 0.6 is 11.8 Å². The number of para-hydroxylation sites is 1. The van der Waals surface area contributed by atoms with Crippen molar-refractivity contribution in [2.75, 3.05) is 23.5 Å². The molecule has 0 saturated heterocycles. The minimum atomic E-state index is -1.10. The fraction of sp³-hybridized carbons (Fsp3) is 0.429. The predicted molar refractivity (Wildman–Crippen MR) is 82.4 cm³/mol. The Morgan fingerprint density at radius 1 is 1.43 bits per heavy atom. The van der Waals surface area contributed by atoms with Crippen LogP contribution in [0.4, 0.5) is 14.9 Å². The minimum Gasteiger partial charge on any atom is -0.480 e. The van der Waals surface area contributed by atoms with Crippen LogP contribution in [0.15, 0.2) is 24.3 Å². The molecule has 0 heterocycles. The molecule has 0 saturated carbocycles. The molecule has 7 heteroatoms. The van der Waals surface area contributed by atoms with Gasteiger partial charge < -0.3 is 10.4 Å². The smallest absolute Gasteiger partial charge is 0.326 e. The van der Waals surface area contributed by atoms with Crippen LogP contribution in [0.2, 0.25) is 0 Å². The van der Waals surface area contributed by atoms with E-state index in [0.29, 0.717) is 12.2 Å². The van der Waals surface area contributed by atoms with Gasteiger partial charge >= 0.3 is 12.0 Å². The number of amides is 2. The molecule has 0 aliphatic heterocycles. The van der Waals surface area contributed by atoms with Gasteiger partial charge in [0.25, 0.3) is 0 Å². The van der Waals surface area contributed by atoms with Crippen LogP contribution in [0.25, 0.3) is 0 Å². The Labute approximate surface area is 127 Å². The molecule has 2 N–H and O–H groups in total. The Hall–Kier alpha value is -1.76. The van der Waals surface area contributed by atoms with Crippen molar-refractivity contribution >= 4 is 29.4 Å². The molecule has 21 heavy (non-hydrogen) atoms. The van der Waals surface area contributed by atoms with Crippen LogP contribution in [-0.4, -0.2) is 41.7 Å². The summed E-state index contributed by atoms with van der Waals surface area (Å²) in [7, 11) is 0. The molecule has 1 atom stereocenters. The standard InChI is InChI=1S/C14H19FN2O3S/c1-3-17(12-7-5-4-6-10(12)15)14(20)16-11(13(18)19)8-9-21-2/h4-7,11H,3,8-9H2,1-2H3,(H,16,20)(H,18,19). The molecule has 116 valence electrons. The van der Waals surface area contributed by atoms with Crippen LogP contribution < -0.4 is 10.2 Å². The van der Waals surface area contributed by atoms with Crippen molar-refractivity contribution in [2.45, 2.75) is 19.4 Å². The van der Waals surface area contributed by atoms with Gasteiger partial charge in [0, 0.05) is 6.54 Å². The average molecular weight is 314 g/mol. The number of carbonyl (C=O) groups excluding carboxylic acids is 1. The van der Waals surface area contributed by atoms with Crippen molar-refractivity contribution in [3.05, 3.63) is 30.1 Å². The van der Waals surface area contributed by atoms with Crippen LogP contribution in [-0.2, 0) is 4.79 Å². The molecular formula is C14H19FN2O3S. The van der Waals surface area contributed by atoms with Crippen molar-refractivity contribution in [1.29, 1.82) is 0 Å². The summed E-state index contributed by atoms with van der Waals surface area (Å²) in [4.78, 5) is 24.5. The number of carbonyl (C=O) groups is 2. The molecule has 0 aromatic heterocycles. The number of nitrogens with one attached hydrogen (secondary N) is 1. The predicted octanol–water partition coefficient (Wildman–Crippen LogP) is 2.57. The molecule has 0 aliphatic rings. The number of aliphatic carboxylic acids is 1. The van der Waals surface area contributed by atoms with Gasteiger partial charge in [0.15, 0.2) is 0 Å². The molecule has 1 unspecified atom stereocenters. The molecule has 0 spiro atoms. The van der Waals surface area contributed by atoms with Crippen molar-refractivity contribution in [3.63, 3.8) is 0 Å². The number of benzene rings is 1. The molecule has 1 rings (SSSR count). The SMILES string of the molecule is CCN(C(=O)NC(CCSC)C(=O)O)c1ccccc1F. The van der Waals surface area contributed by atoms with E-state index in [9.17, 15) is 14.0 Å². The monoisotopic (exact) mass is 314 g/mol. The largest absolute Gasteiger partial charge is 0.480 e. The summed E-state index contributed by atoms with van der Waals surface area (Å²) in [5, 5.41) is 11.5. The Bertz CT molecular complexity index is 499. The first-order valence-electron chi connectivity index (χ1n) is 6.55. The number of hydrogen-bond donors (Lipinski definition) is 2. The zero-order chi connectivity index (χ0) is 15.8. The van der Waals surface area contributed by atoms with Crippen molar-refractivity contribution in [1.82, 2.24) is 5.32 Å². The zero-order valence-electron chi connectivity index (χ0n) is 12.0. The van der Waals surface area contributed by atoms with E-state index in [1.54, 1.807) is 13.0 Å². The van der Waals surface area contributed by atoms with Gasteiger partial charge in [-0.05, 0) is 37.5 Å². The van der Waals surface area contributed by atoms with Gasteiger partial charge in [-0.3, -0.25) is 4.90 Å². The number of anilines is 1. The van der Waals surface area contributed by atoms with E-state index in [4.69, 9.17) is 5.11 Å². The van der Waals surface area contributed by atoms with Crippen molar-refractivity contribution in [2.24, 2.45) is 0 Å². The quantitative estimate of drug-likeness (QED) is 0.811. The third-order valence-corrected chi connectivity index (χ3v) is 3.56. The number of halogens is 1. The van der Waals surface area contributed by atoms with E-state index >= 15 is 0 Å². The lowest BCUT2D eigenvalue weighted by Gasteiger charge is -2.24. The number of hydrogen-bond acceptors (Lipinski definition) is 3. The summed E-state index contributed by atoms with van der Waals surface area (Å²) < 4.78 is 13.7. The lowest BCUT2D eigenvalue weighted by molar-refractivity contribution is -0.139. The Morgan fingerprint density at radius 2 is 2.10 bits per heavy atom. The third kappa shape index (κ3) is 4.93. The average Bonchev–Trinajstić information content (AvgIpc) is 2.45. The number of nitrogens with zero attached hydrogens (tertiary/aromatic N) is 1. The maximum atomic E-state index is 13.7. The van der Waals surface area contributed by atoms with E-state index in [2.05, 4.69) is 5.32 Å². The van der Waals surface area contributed by atoms with Crippen LogP contribution in [0.5, 0.6) is 0 Å². The number of carboxylic acid groups (broad SMARTS) is 1. The van der Waals surface area contributed by atoms with Crippen LogP contribution in [0.3, 0.4) is 0 Å². The van der Waals surface area contributed by atoms with Gasteiger partial charge in [-0.25, -0.2) is 14.0 Å². The van der Waals surface area contributed by atoms with Gasteiger partial charge in [-0.1, -0.05) is 12.1 Å². The second-order valence-electron chi connectivity index (χ2n) is 4.32. The topological polar surface area (TPSA) is 69.6 Å². The summed E-state index contributed by atoms with van der Waals surface area (Å²) in [6.45, 7) is 1.94. The zero-order valence-corrected chi connectivity index (χ0v) is 12.8. The molecule has 0 aliphatic carbocycles. The maximum Gasteiger partial charge on any atom is 0.326 e. The second-order valence-corrected chi connectivity index (χ2v) is 5.30. The number of thioether (sulfide) groups is 1. The summed E-state index contributed by atoms with van der Waals surface area (Å²) in [6, 6.07) is 4.30. The van der Waals surface area contributed by atoms with E-state index < -0.39 is 23.9 Å². The number of rotatable bonds is 7. The highest BCUT2D eigenvalue weighted by atomic mass is 32.2. The molecule has 0 radical (unpaired) electrons. The Morgan fingerprint density at radius 3 is 2.62 bits per heavy atom. The summed E-state index contributed by atoms with van der Waals surface area (Å²) >= 11 is 1.50. The van der Waals surface area contributed by atoms with Crippen LogP contribution in [0.1, 0.15) is 13.3 Å². The third-order valence-electron chi connectivity index (χ3n) is 2.91. The van der Waals surface area contributed by atoms with Gasteiger partial charge in [0.2, 0.25) is 0 Å². The fourth-order valence-electron chi connectivity index (χ4n) is 1.81. The van der Waals surface area contributed by atoms with E-state index in [0.717, 1.165) is 0 Å². The summed E-state index contributed by atoms with van der Waals surface area (Å²) in [6.07, 6.45) is 2.18. The fourth-order valence-corrected chi connectivity index (χ4v) is 2.29. The summed E-state index contributed by atoms with van der Waals surface area (Å²) in [5.41, 5.74) is 0.131. The van der Waals surface area contributed by atoms with Gasteiger partial charge in [-0.2, -0.15) is 11.8 Å². The Kier molecular flexibility index (Phi) is 7.01. The van der Waals surface area contributed by atoms with E-state index in [-0.39, 0.29) is 12.2 Å². The second kappa shape index (κ2) is 8.51. The molecule has 1 aromatic rings. The highest BCUT2D eigenvalue weighted by Crippen LogP contribution is 2.18.